The molecule has 7 heteroatoms. The summed E-state index contributed by atoms with van der Waals surface area (Å²) in [4.78, 5) is 21.0. The van der Waals surface area contributed by atoms with Gasteiger partial charge in [0.25, 0.3) is 0 Å². The first-order chi connectivity index (χ1) is 25.9. The van der Waals surface area contributed by atoms with E-state index in [2.05, 4.69) is 12.2 Å². The van der Waals surface area contributed by atoms with Crippen molar-refractivity contribution in [3.63, 3.8) is 0 Å². The van der Waals surface area contributed by atoms with Crippen LogP contribution in [0.25, 0.3) is 0 Å². The quantitative estimate of drug-likeness (QED) is 0.0309. The molecule has 0 radical (unpaired) electrons. The van der Waals surface area contributed by atoms with Crippen molar-refractivity contribution in [2.75, 3.05) is 19.8 Å². The molecule has 0 aliphatic carbocycles. The molecule has 1 atom stereocenters. The lowest BCUT2D eigenvalue weighted by molar-refractivity contribution is -0.138. The van der Waals surface area contributed by atoms with Gasteiger partial charge in [-0.2, -0.15) is 0 Å². The van der Waals surface area contributed by atoms with E-state index in [1.54, 1.807) is 0 Å². The second-order valence-electron chi connectivity index (χ2n) is 16.4. The first kappa shape index (κ1) is 51.6. The second-order valence-corrected chi connectivity index (χ2v) is 16.4. The first-order valence-corrected chi connectivity index (χ1v) is 22.8. The Morgan fingerprint density at radius 1 is 0.396 bits per heavy atom. The summed E-state index contributed by atoms with van der Waals surface area (Å²) in [5.41, 5.74) is -0.561. The summed E-state index contributed by atoms with van der Waals surface area (Å²) in [5.74, 6) is -1.39. The van der Waals surface area contributed by atoms with Crippen molar-refractivity contribution in [2.24, 2.45) is 11.3 Å². The molecule has 0 amide bonds. The summed E-state index contributed by atoms with van der Waals surface area (Å²) in [6.45, 7) is -0.0506. The number of hydrogen-bond donors (Lipinski definition) is 5. The van der Waals surface area contributed by atoms with Gasteiger partial charge in [-0.15, -0.1) is 0 Å². The Labute approximate surface area is 327 Å². The maximum atomic E-state index is 10.5. The van der Waals surface area contributed by atoms with Crippen LogP contribution in [0.15, 0.2) is 12.2 Å². The van der Waals surface area contributed by atoms with Crippen molar-refractivity contribution in [2.45, 2.75) is 238 Å². The minimum Gasteiger partial charge on any atom is -0.481 e. The summed E-state index contributed by atoms with van der Waals surface area (Å²) in [6, 6.07) is 0. The van der Waals surface area contributed by atoms with Gasteiger partial charge in [0.1, 0.15) is 0 Å². The fourth-order valence-corrected chi connectivity index (χ4v) is 7.86. The zero-order valence-corrected chi connectivity index (χ0v) is 34.6. The lowest BCUT2D eigenvalue weighted by Gasteiger charge is -2.37. The van der Waals surface area contributed by atoms with Crippen molar-refractivity contribution in [1.82, 2.24) is 0 Å². The predicted molar refractivity (Wildman–Crippen MR) is 222 cm³/mol. The molecule has 0 aromatic rings. The molecule has 0 saturated carbocycles. The second kappa shape index (κ2) is 40.2. The number of rotatable bonds is 44. The van der Waals surface area contributed by atoms with Crippen LogP contribution in [0.3, 0.4) is 0 Å². The molecule has 0 rings (SSSR count). The van der Waals surface area contributed by atoms with Crippen molar-refractivity contribution in [3.05, 3.63) is 12.2 Å². The van der Waals surface area contributed by atoms with E-state index in [4.69, 9.17) is 10.2 Å². The Morgan fingerprint density at radius 3 is 0.981 bits per heavy atom. The number of carboxylic acid groups (broad SMARTS) is 2. The molecule has 0 fully saturated rings. The number of hydrogen-bond acceptors (Lipinski definition) is 5. The maximum Gasteiger partial charge on any atom is 0.303 e. The third kappa shape index (κ3) is 34.8. The van der Waals surface area contributed by atoms with E-state index in [1.807, 2.05) is 0 Å². The summed E-state index contributed by atoms with van der Waals surface area (Å²) in [7, 11) is 0. The normalized spacial score (nSPS) is 12.6. The summed E-state index contributed by atoms with van der Waals surface area (Å²) >= 11 is 0. The standard InChI is InChI=1S/C46H88O7/c47-40-43(36-32-28-24-20-16-12-8-5-6-10-14-18-22-26-30-34-38-45(52)53)46(41-48,42-49)39-35-31-27-23-19-15-11-7-3-1-2-4-9-13-17-21-25-29-33-37-44(50)51/h6,10,43,47-49H,1-5,7-9,11-42H2,(H,50,51)(H,52,53). The average molecular weight is 753 g/mol. The van der Waals surface area contributed by atoms with Crippen LogP contribution in [0.2, 0.25) is 0 Å². The van der Waals surface area contributed by atoms with E-state index in [1.165, 1.54) is 141 Å². The highest BCUT2D eigenvalue weighted by atomic mass is 16.4. The molecule has 0 spiro atoms. The topological polar surface area (TPSA) is 135 Å². The zero-order chi connectivity index (χ0) is 38.9. The van der Waals surface area contributed by atoms with Crippen molar-refractivity contribution >= 4 is 11.9 Å². The number of carboxylic acids is 2. The van der Waals surface area contributed by atoms with Gasteiger partial charge in [0.2, 0.25) is 0 Å². The zero-order valence-electron chi connectivity index (χ0n) is 34.6. The third-order valence-corrected chi connectivity index (χ3v) is 11.6. The van der Waals surface area contributed by atoms with Gasteiger partial charge in [0.05, 0.1) is 13.2 Å². The molecule has 0 aromatic carbocycles. The molecule has 0 aromatic heterocycles. The van der Waals surface area contributed by atoms with E-state index in [0.29, 0.717) is 12.8 Å². The van der Waals surface area contributed by atoms with Gasteiger partial charge in [0.15, 0.2) is 0 Å². The number of unbranched alkanes of at least 4 members (excludes halogenated alkanes) is 30. The van der Waals surface area contributed by atoms with Crippen molar-refractivity contribution in [1.29, 1.82) is 0 Å². The largest absolute Gasteiger partial charge is 0.481 e. The van der Waals surface area contributed by atoms with E-state index in [9.17, 15) is 24.9 Å². The van der Waals surface area contributed by atoms with Gasteiger partial charge in [-0.05, 0) is 57.3 Å². The highest BCUT2D eigenvalue weighted by molar-refractivity contribution is 5.66. The smallest absolute Gasteiger partial charge is 0.303 e. The van der Waals surface area contributed by atoms with Crippen LogP contribution in [0, 0.1) is 11.3 Å². The lowest BCUT2D eigenvalue weighted by atomic mass is 9.71. The van der Waals surface area contributed by atoms with Crippen LogP contribution in [0.1, 0.15) is 238 Å². The van der Waals surface area contributed by atoms with Crippen LogP contribution < -0.4 is 0 Å². The number of aliphatic carboxylic acids is 2. The SMILES string of the molecule is O=C(O)CCCCCCCC=CCCCCCCCCCC(CO)C(CO)(CO)CCCCCCCCCCCCCCCCCCCCCC(=O)O. The van der Waals surface area contributed by atoms with Crippen LogP contribution in [0.4, 0.5) is 0 Å². The Hall–Kier alpha value is -1.44. The Morgan fingerprint density at radius 2 is 0.679 bits per heavy atom. The van der Waals surface area contributed by atoms with Crippen LogP contribution >= 0.6 is 0 Å². The van der Waals surface area contributed by atoms with E-state index in [-0.39, 0.29) is 25.7 Å². The molecule has 53 heavy (non-hydrogen) atoms. The van der Waals surface area contributed by atoms with E-state index < -0.39 is 17.4 Å². The summed E-state index contributed by atoms with van der Waals surface area (Å²) in [6.07, 6.45) is 46.7. The van der Waals surface area contributed by atoms with Crippen molar-refractivity contribution < 1.29 is 35.1 Å². The van der Waals surface area contributed by atoms with Gasteiger partial charge >= 0.3 is 11.9 Å². The van der Waals surface area contributed by atoms with Gasteiger partial charge in [-0.1, -0.05) is 186 Å². The lowest BCUT2D eigenvalue weighted by Crippen LogP contribution is -2.40. The Kier molecular flexibility index (Phi) is 39.1. The highest BCUT2D eigenvalue weighted by Gasteiger charge is 2.36. The molecule has 314 valence electrons. The number of aliphatic hydroxyl groups excluding tert-OH is 3. The fraction of sp³-hybridized carbons (Fsp3) is 0.913. The molecule has 0 aliphatic heterocycles. The molecule has 5 N–H and O–H groups in total. The molecule has 1 unspecified atom stereocenters. The average Bonchev–Trinajstić information content (AvgIpc) is 3.15. The van der Waals surface area contributed by atoms with Crippen LogP contribution in [0.5, 0.6) is 0 Å². The molecule has 0 aliphatic rings. The van der Waals surface area contributed by atoms with Gasteiger partial charge in [-0.3, -0.25) is 9.59 Å². The third-order valence-electron chi connectivity index (χ3n) is 11.6. The van der Waals surface area contributed by atoms with Crippen LogP contribution in [-0.2, 0) is 9.59 Å². The Balaban J connectivity index is 3.70. The Bertz CT molecular complexity index is 810. The monoisotopic (exact) mass is 753 g/mol. The van der Waals surface area contributed by atoms with E-state index >= 15 is 0 Å². The molecule has 0 heterocycles. The molecule has 7 nitrogen and oxygen atoms in total. The van der Waals surface area contributed by atoms with Gasteiger partial charge in [0, 0.05) is 24.9 Å². The molecule has 0 saturated heterocycles. The first-order valence-electron chi connectivity index (χ1n) is 22.8. The van der Waals surface area contributed by atoms with Crippen LogP contribution in [-0.4, -0.2) is 57.3 Å². The van der Waals surface area contributed by atoms with Crippen molar-refractivity contribution in [3.8, 4) is 0 Å². The maximum absolute atomic E-state index is 10.5. The number of allylic oxidation sites excluding steroid dienone is 2. The fourth-order valence-electron chi connectivity index (χ4n) is 7.86. The molecular formula is C46H88O7. The number of aliphatic hydroxyl groups is 3. The molecule has 0 bridgehead atoms. The minimum absolute atomic E-state index is 0.0330. The van der Waals surface area contributed by atoms with Gasteiger partial charge < -0.3 is 25.5 Å². The summed E-state index contributed by atoms with van der Waals surface area (Å²) < 4.78 is 0. The van der Waals surface area contributed by atoms with Gasteiger partial charge in [-0.25, -0.2) is 0 Å². The minimum atomic E-state index is -0.686. The van der Waals surface area contributed by atoms with E-state index in [0.717, 1.165) is 83.5 Å². The predicted octanol–water partition coefficient (Wildman–Crippen LogP) is 12.7. The number of carbonyl (C=O) groups is 2. The highest BCUT2D eigenvalue weighted by Crippen LogP contribution is 2.36. The molecular weight excluding hydrogens is 664 g/mol. The summed E-state index contributed by atoms with van der Waals surface area (Å²) in [5, 5.41) is 48.1.